The summed E-state index contributed by atoms with van der Waals surface area (Å²) in [6, 6.07) is 0. The van der Waals surface area contributed by atoms with Crippen molar-refractivity contribution in [1.82, 2.24) is 0 Å². The molecule has 0 aromatic carbocycles. The van der Waals surface area contributed by atoms with Gasteiger partial charge in [-0.2, -0.15) is 0 Å². The summed E-state index contributed by atoms with van der Waals surface area (Å²) in [6.45, 7) is 12.6. The Labute approximate surface area is 186 Å². The normalized spacial score (nSPS) is 39.5. The van der Waals surface area contributed by atoms with Crippen molar-refractivity contribution in [3.63, 3.8) is 0 Å². The number of allylic oxidation sites excluding steroid dienone is 6. The van der Waals surface area contributed by atoms with Crippen molar-refractivity contribution in [2.24, 2.45) is 28.1 Å². The molecule has 0 heterocycles. The summed E-state index contributed by atoms with van der Waals surface area (Å²) in [5.74, 6) is 0.429. The Bertz CT molecular complexity index is 933. The van der Waals surface area contributed by atoms with E-state index in [0.29, 0.717) is 23.0 Å². The third kappa shape index (κ3) is 3.56. The molecule has 0 unspecified atom stereocenters. The zero-order valence-electron chi connectivity index (χ0n) is 19.8. The van der Waals surface area contributed by atoms with Crippen molar-refractivity contribution in [2.75, 3.05) is 0 Å². The maximum absolute atomic E-state index is 12.7. The second kappa shape index (κ2) is 7.28. The number of carbonyl (C=O) groups is 3. The summed E-state index contributed by atoms with van der Waals surface area (Å²) in [5, 5.41) is 0. The second-order valence-electron chi connectivity index (χ2n) is 11.6. The molecule has 4 rings (SSSR count). The summed E-state index contributed by atoms with van der Waals surface area (Å²) in [6.07, 6.45) is 11.2. The van der Waals surface area contributed by atoms with Gasteiger partial charge in [-0.05, 0) is 78.9 Å². The fourth-order valence-corrected chi connectivity index (χ4v) is 7.93. The molecule has 4 nitrogen and oxygen atoms in total. The Kier molecular flexibility index (Phi) is 5.22. The number of fused-ring (bicyclic) bond motifs is 3. The maximum Gasteiger partial charge on any atom is 0.302 e. The van der Waals surface area contributed by atoms with Gasteiger partial charge in [0.15, 0.2) is 11.6 Å². The number of ketones is 2. The molecular weight excluding hydrogens is 388 g/mol. The second-order valence-corrected chi connectivity index (χ2v) is 11.6. The highest BCUT2D eigenvalue weighted by Gasteiger charge is 2.62. The third-order valence-corrected chi connectivity index (χ3v) is 8.84. The average molecular weight is 425 g/mol. The van der Waals surface area contributed by atoms with Crippen molar-refractivity contribution in [3.8, 4) is 0 Å². The van der Waals surface area contributed by atoms with Gasteiger partial charge in [0.05, 0.1) is 0 Å². The zero-order chi connectivity index (χ0) is 22.8. The van der Waals surface area contributed by atoms with Crippen molar-refractivity contribution in [3.05, 3.63) is 34.9 Å². The van der Waals surface area contributed by atoms with Crippen LogP contribution in [-0.2, 0) is 19.1 Å². The van der Waals surface area contributed by atoms with Crippen LogP contribution in [0.3, 0.4) is 0 Å². The van der Waals surface area contributed by atoms with Crippen LogP contribution < -0.4 is 0 Å². The highest BCUT2D eigenvalue weighted by molar-refractivity contribution is 6.21. The molecule has 2 saturated carbocycles. The van der Waals surface area contributed by atoms with Crippen LogP contribution in [0.4, 0.5) is 0 Å². The van der Waals surface area contributed by atoms with Crippen molar-refractivity contribution in [2.45, 2.75) is 86.2 Å². The smallest absolute Gasteiger partial charge is 0.302 e. The molecule has 0 spiro atoms. The number of esters is 1. The molecule has 0 aliphatic heterocycles. The molecule has 168 valence electrons. The largest absolute Gasteiger partial charge is 0.462 e. The quantitative estimate of drug-likeness (QED) is 0.432. The Balaban J connectivity index is 1.77. The monoisotopic (exact) mass is 424 g/mol. The predicted octanol–water partition coefficient (Wildman–Crippen LogP) is 5.52. The van der Waals surface area contributed by atoms with Gasteiger partial charge in [0.2, 0.25) is 0 Å². The first-order valence-electron chi connectivity index (χ1n) is 11.8. The maximum atomic E-state index is 12.7. The van der Waals surface area contributed by atoms with E-state index in [0.717, 1.165) is 37.7 Å². The van der Waals surface area contributed by atoms with Crippen molar-refractivity contribution in [1.29, 1.82) is 0 Å². The molecule has 0 bridgehead atoms. The molecule has 4 aliphatic carbocycles. The van der Waals surface area contributed by atoms with E-state index in [-0.39, 0.29) is 39.9 Å². The summed E-state index contributed by atoms with van der Waals surface area (Å²) in [7, 11) is 0. The molecule has 0 aromatic rings. The van der Waals surface area contributed by atoms with Crippen LogP contribution in [-0.4, -0.2) is 23.6 Å². The minimum atomic E-state index is -0.216. The standard InChI is InChI=1S/C27H36O4/c1-16-12-21(30)19(13-20(16)29)18-8-9-23-26(5,14-18)15-22(31-17(2)28)24-25(3,4)10-7-11-27(23,24)6/h12-14,22-24H,7-11,15H2,1-6H3/t22-,23+,24+,26-,27-/m1/s1. The van der Waals surface area contributed by atoms with E-state index >= 15 is 0 Å². The number of rotatable bonds is 2. The molecule has 31 heavy (non-hydrogen) atoms. The van der Waals surface area contributed by atoms with E-state index in [1.54, 1.807) is 6.92 Å². The van der Waals surface area contributed by atoms with Gasteiger partial charge < -0.3 is 4.74 Å². The summed E-state index contributed by atoms with van der Waals surface area (Å²) < 4.78 is 6.00. The Hall–Kier alpha value is -1.97. The van der Waals surface area contributed by atoms with Crippen molar-refractivity contribution < 1.29 is 19.1 Å². The number of ether oxygens (including phenoxy) is 1. The van der Waals surface area contributed by atoms with Crippen LogP contribution in [0.5, 0.6) is 0 Å². The number of hydrogen-bond donors (Lipinski definition) is 0. The van der Waals surface area contributed by atoms with Gasteiger partial charge in [0, 0.05) is 24.0 Å². The molecule has 0 saturated heterocycles. The Morgan fingerprint density at radius 2 is 1.77 bits per heavy atom. The van der Waals surface area contributed by atoms with Gasteiger partial charge in [0.25, 0.3) is 0 Å². The van der Waals surface area contributed by atoms with Gasteiger partial charge >= 0.3 is 5.97 Å². The lowest BCUT2D eigenvalue weighted by Gasteiger charge is -2.65. The molecule has 0 N–H and O–H groups in total. The highest BCUT2D eigenvalue weighted by Crippen LogP contribution is 2.67. The van der Waals surface area contributed by atoms with Gasteiger partial charge in [0.1, 0.15) is 6.10 Å². The van der Waals surface area contributed by atoms with Gasteiger partial charge in [-0.25, -0.2) is 0 Å². The van der Waals surface area contributed by atoms with Crippen molar-refractivity contribution >= 4 is 17.5 Å². The van der Waals surface area contributed by atoms with E-state index < -0.39 is 0 Å². The topological polar surface area (TPSA) is 60.4 Å². The average Bonchev–Trinajstić information content (AvgIpc) is 2.62. The molecule has 2 fully saturated rings. The molecule has 0 amide bonds. The van der Waals surface area contributed by atoms with E-state index in [1.807, 2.05) is 0 Å². The van der Waals surface area contributed by atoms with Gasteiger partial charge in [-0.15, -0.1) is 0 Å². The summed E-state index contributed by atoms with van der Waals surface area (Å²) in [4.78, 5) is 37.0. The van der Waals surface area contributed by atoms with Crippen LogP contribution >= 0.6 is 0 Å². The molecular formula is C27H36O4. The van der Waals surface area contributed by atoms with Crippen LogP contribution in [0.1, 0.15) is 80.1 Å². The highest BCUT2D eigenvalue weighted by atomic mass is 16.5. The number of hydrogen-bond acceptors (Lipinski definition) is 4. The van der Waals surface area contributed by atoms with Crippen LogP contribution in [0, 0.1) is 28.1 Å². The van der Waals surface area contributed by atoms with E-state index in [2.05, 4.69) is 33.8 Å². The predicted molar refractivity (Wildman–Crippen MR) is 120 cm³/mol. The van der Waals surface area contributed by atoms with E-state index in [9.17, 15) is 14.4 Å². The van der Waals surface area contributed by atoms with Crippen LogP contribution in [0.2, 0.25) is 0 Å². The number of carbonyl (C=O) groups excluding carboxylic acids is 3. The minimum absolute atomic E-state index is 0.0689. The van der Waals surface area contributed by atoms with E-state index in [1.165, 1.54) is 25.5 Å². The Morgan fingerprint density at radius 1 is 1.06 bits per heavy atom. The lowest BCUT2D eigenvalue weighted by Crippen LogP contribution is -2.61. The Morgan fingerprint density at radius 3 is 2.45 bits per heavy atom. The first-order valence-corrected chi connectivity index (χ1v) is 11.8. The van der Waals surface area contributed by atoms with Crippen LogP contribution in [0.25, 0.3) is 0 Å². The lowest BCUT2D eigenvalue weighted by molar-refractivity contribution is -0.199. The molecule has 0 radical (unpaired) electrons. The molecule has 4 heteroatoms. The first-order chi connectivity index (χ1) is 14.4. The van der Waals surface area contributed by atoms with Gasteiger partial charge in [-0.1, -0.05) is 40.2 Å². The third-order valence-electron chi connectivity index (χ3n) is 8.84. The fraction of sp³-hybridized carbons (Fsp3) is 0.667. The minimum Gasteiger partial charge on any atom is -0.462 e. The zero-order valence-corrected chi connectivity index (χ0v) is 19.8. The fourth-order valence-electron chi connectivity index (χ4n) is 7.93. The van der Waals surface area contributed by atoms with E-state index in [4.69, 9.17) is 4.74 Å². The first kappa shape index (κ1) is 22.2. The van der Waals surface area contributed by atoms with Crippen LogP contribution in [0.15, 0.2) is 34.9 Å². The molecule has 4 aliphatic rings. The lowest BCUT2D eigenvalue weighted by atomic mass is 9.41. The summed E-state index contributed by atoms with van der Waals surface area (Å²) >= 11 is 0. The molecule has 0 aromatic heterocycles. The van der Waals surface area contributed by atoms with Gasteiger partial charge in [-0.3, -0.25) is 14.4 Å². The SMILES string of the molecule is CC(=O)O[C@@H]1C[C@@]2(C)C=C(C3=CC(=O)C(C)=CC3=O)CC[C@@H]2[C@@]2(C)CCCC(C)(C)[C@H]12. The summed E-state index contributed by atoms with van der Waals surface area (Å²) in [5.41, 5.74) is 2.06. The molecule has 5 atom stereocenters.